The molecule has 0 unspecified atom stereocenters. The van der Waals surface area contributed by atoms with E-state index in [1.165, 1.54) is 38.8 Å². The molecule has 1 heterocycles. The van der Waals surface area contributed by atoms with E-state index in [2.05, 4.69) is 99.1 Å². The van der Waals surface area contributed by atoms with Crippen LogP contribution in [0.2, 0.25) is 0 Å². The van der Waals surface area contributed by atoms with Gasteiger partial charge in [0.2, 0.25) is 0 Å². The fourth-order valence-electron chi connectivity index (χ4n) is 2.89. The second-order valence-electron chi connectivity index (χ2n) is 6.26. The van der Waals surface area contributed by atoms with Gasteiger partial charge in [-0.1, -0.05) is 19.9 Å². The maximum Gasteiger partial charge on any atom is 4.00 e. The Morgan fingerprint density at radius 1 is 0.923 bits per heavy atom. The third kappa shape index (κ3) is 5.62. The minimum atomic E-state index is 0. The number of rotatable bonds is 1. The van der Waals surface area contributed by atoms with Crippen molar-refractivity contribution in [2.45, 2.75) is 27.7 Å². The van der Waals surface area contributed by atoms with E-state index in [1.807, 2.05) is 0 Å². The third-order valence-corrected chi connectivity index (χ3v) is 4.34. The first kappa shape index (κ1) is 24.8. The van der Waals surface area contributed by atoms with Crippen LogP contribution in [0.25, 0.3) is 16.5 Å². The average molecular weight is 420 g/mol. The molecule has 0 saturated heterocycles. The Hall–Kier alpha value is -1.25. The number of nitrogens with zero attached hydrogens (tertiary/aromatic N) is 1. The molecule has 4 rings (SSSR count). The van der Waals surface area contributed by atoms with Gasteiger partial charge >= 0.3 is 21.7 Å². The van der Waals surface area contributed by atoms with Gasteiger partial charge in [0.1, 0.15) is 0 Å². The summed E-state index contributed by atoms with van der Waals surface area (Å²) in [4.78, 5) is 0. The first-order valence-corrected chi connectivity index (χ1v) is 8.05. The maximum atomic E-state index is 2.25. The van der Waals surface area contributed by atoms with Gasteiger partial charge in [-0.3, -0.25) is 0 Å². The summed E-state index contributed by atoms with van der Waals surface area (Å²) in [5, 5.41) is 2.62. The van der Waals surface area contributed by atoms with Crippen LogP contribution in [0.3, 0.4) is 0 Å². The van der Waals surface area contributed by atoms with Crippen LogP contribution < -0.4 is 24.8 Å². The Morgan fingerprint density at radius 2 is 1.62 bits per heavy atom. The molecule has 0 atom stereocenters. The van der Waals surface area contributed by atoms with E-state index in [9.17, 15) is 0 Å². The quantitative estimate of drug-likeness (QED) is 0.302. The molecular weight excluding hydrogens is 397 g/mol. The molecule has 0 aliphatic carbocycles. The predicted octanol–water partition coefficient (Wildman–Crippen LogP) is -0.00592. The van der Waals surface area contributed by atoms with Crippen LogP contribution >= 0.6 is 0 Å². The molecule has 0 amide bonds. The summed E-state index contributed by atoms with van der Waals surface area (Å²) >= 11 is 0. The van der Waals surface area contributed by atoms with Crippen molar-refractivity contribution >= 4 is 10.8 Å². The van der Waals surface area contributed by atoms with Crippen molar-refractivity contribution < 1.29 is 46.5 Å². The van der Waals surface area contributed by atoms with Gasteiger partial charge in [-0.2, -0.15) is 17.2 Å². The molecule has 4 heteroatoms. The molecule has 1 aromatic heterocycles. The number of aromatic nitrogens is 1. The summed E-state index contributed by atoms with van der Waals surface area (Å²) in [7, 11) is 0. The van der Waals surface area contributed by atoms with E-state index in [0.29, 0.717) is 0 Å². The molecule has 26 heavy (non-hydrogen) atoms. The van der Waals surface area contributed by atoms with Crippen molar-refractivity contribution in [1.82, 2.24) is 4.57 Å². The molecule has 3 aromatic carbocycles. The fourth-order valence-corrected chi connectivity index (χ4v) is 2.89. The van der Waals surface area contributed by atoms with E-state index in [-0.39, 0.29) is 46.5 Å². The Kier molecular flexibility index (Phi) is 10.3. The molecule has 0 fully saturated rings. The zero-order valence-electron chi connectivity index (χ0n) is 15.6. The first-order chi connectivity index (χ1) is 11.0. The molecule has 0 aliphatic heterocycles. The monoisotopic (exact) mass is 419 g/mol. The standard InChI is InChI=1S/C15H14N.C7H9.2ClH.Ti/c1-11-7-12(2)16(10-11)15-8-13-5-3-4-6-14(13)9-15;1-6-4-3-5-7(6)2;;;/h3-10H,1-2H3;3-5H,1-2H3;2*1H;/q2*-1;;;+4/p-2. The zero-order valence-corrected chi connectivity index (χ0v) is 18.6. The van der Waals surface area contributed by atoms with Crippen molar-refractivity contribution in [2.75, 3.05) is 0 Å². The SMILES string of the molecule is Cc1cc(C)n(-c2cc3ccccc3[cH-]2)c1.Cc1ccc[c-]1C.[Cl-].[Cl-].[Ti+4]. The van der Waals surface area contributed by atoms with Crippen LogP contribution in [0.4, 0.5) is 0 Å². The molecule has 0 saturated carbocycles. The minimum absolute atomic E-state index is 0. The van der Waals surface area contributed by atoms with E-state index in [1.54, 1.807) is 0 Å². The van der Waals surface area contributed by atoms with Crippen molar-refractivity contribution in [3.05, 3.63) is 89.2 Å². The predicted molar refractivity (Wildman–Crippen MR) is 99.9 cm³/mol. The Morgan fingerprint density at radius 3 is 2.08 bits per heavy atom. The average Bonchev–Trinajstić information content (AvgIpc) is 3.19. The van der Waals surface area contributed by atoms with Crippen LogP contribution in [0, 0.1) is 27.7 Å². The zero-order chi connectivity index (χ0) is 16.4. The summed E-state index contributed by atoms with van der Waals surface area (Å²) in [6.07, 6.45) is 2.18. The number of hydrogen-bond acceptors (Lipinski definition) is 0. The van der Waals surface area contributed by atoms with Gasteiger partial charge in [-0.05, 0) is 31.2 Å². The van der Waals surface area contributed by atoms with E-state index in [4.69, 9.17) is 0 Å². The third-order valence-electron chi connectivity index (χ3n) is 4.34. The number of benzene rings is 1. The summed E-state index contributed by atoms with van der Waals surface area (Å²) in [5.74, 6) is 0. The van der Waals surface area contributed by atoms with E-state index < -0.39 is 0 Å². The maximum absolute atomic E-state index is 2.25. The molecule has 0 spiro atoms. The van der Waals surface area contributed by atoms with Crippen LogP contribution in [0.15, 0.2) is 66.9 Å². The molecule has 0 radical (unpaired) electrons. The Labute approximate surface area is 183 Å². The molecule has 134 valence electrons. The van der Waals surface area contributed by atoms with Crippen LogP contribution in [0.5, 0.6) is 0 Å². The molecule has 0 N–H and O–H groups in total. The smallest absolute Gasteiger partial charge is 1.00 e. The largest absolute Gasteiger partial charge is 4.00 e. The second kappa shape index (κ2) is 10.8. The molecule has 0 aliphatic rings. The summed E-state index contributed by atoms with van der Waals surface area (Å²) < 4.78 is 2.25. The van der Waals surface area contributed by atoms with Gasteiger partial charge in [0.05, 0.1) is 0 Å². The van der Waals surface area contributed by atoms with Crippen molar-refractivity contribution in [3.63, 3.8) is 0 Å². The summed E-state index contributed by atoms with van der Waals surface area (Å²) in [6, 6.07) is 21.5. The first-order valence-electron chi connectivity index (χ1n) is 8.05. The van der Waals surface area contributed by atoms with Gasteiger partial charge in [-0.25, -0.2) is 12.1 Å². The topological polar surface area (TPSA) is 4.93 Å². The number of hydrogen-bond donors (Lipinski definition) is 0. The number of fused-ring (bicyclic) bond motifs is 1. The molecule has 0 bridgehead atoms. The van der Waals surface area contributed by atoms with Crippen LogP contribution in [-0.2, 0) is 21.7 Å². The van der Waals surface area contributed by atoms with Crippen LogP contribution in [-0.4, -0.2) is 4.57 Å². The Balaban J connectivity index is 0.000000542. The van der Waals surface area contributed by atoms with Crippen molar-refractivity contribution in [2.24, 2.45) is 0 Å². The van der Waals surface area contributed by atoms with Gasteiger partial charge in [0.25, 0.3) is 0 Å². The fraction of sp³-hybridized carbons (Fsp3) is 0.182. The van der Waals surface area contributed by atoms with Crippen LogP contribution in [0.1, 0.15) is 22.4 Å². The normalized spacial score (nSPS) is 9.38. The number of halogens is 2. The molecule has 4 aromatic rings. The van der Waals surface area contributed by atoms with Crippen molar-refractivity contribution in [3.8, 4) is 5.69 Å². The van der Waals surface area contributed by atoms with E-state index in [0.717, 1.165) is 0 Å². The Bertz CT molecular complexity index is 881. The minimum Gasteiger partial charge on any atom is -1.00 e. The molecular formula is C22H23Cl2NTi. The van der Waals surface area contributed by atoms with Gasteiger partial charge in [0, 0.05) is 11.9 Å². The summed E-state index contributed by atoms with van der Waals surface area (Å²) in [6.45, 7) is 8.52. The van der Waals surface area contributed by atoms with Crippen molar-refractivity contribution in [1.29, 1.82) is 0 Å². The molecule has 1 nitrogen and oxygen atoms in total. The van der Waals surface area contributed by atoms with Gasteiger partial charge in [-0.15, -0.1) is 41.1 Å². The second-order valence-corrected chi connectivity index (χ2v) is 6.26. The van der Waals surface area contributed by atoms with Gasteiger partial charge < -0.3 is 29.4 Å². The van der Waals surface area contributed by atoms with E-state index >= 15 is 0 Å². The summed E-state index contributed by atoms with van der Waals surface area (Å²) in [5.41, 5.74) is 6.63. The van der Waals surface area contributed by atoms with Gasteiger partial charge in [0.15, 0.2) is 0 Å². The number of aryl methyl sites for hydroxylation is 4.